The molecule has 0 bridgehead atoms. The monoisotopic (exact) mass is 287 g/mol. The van der Waals surface area contributed by atoms with Crippen LogP contribution in [0.4, 0.5) is 0 Å². The molecule has 7 heteroatoms. The van der Waals surface area contributed by atoms with Crippen LogP contribution in [-0.4, -0.2) is 59.3 Å². The first-order valence-corrected chi connectivity index (χ1v) is 6.71. The van der Waals surface area contributed by atoms with Crippen molar-refractivity contribution in [2.24, 2.45) is 0 Å². The molecule has 0 spiro atoms. The molecule has 1 aliphatic heterocycles. The van der Waals surface area contributed by atoms with E-state index in [1.54, 1.807) is 20.8 Å². The summed E-state index contributed by atoms with van der Waals surface area (Å²) >= 11 is 0. The van der Waals surface area contributed by atoms with E-state index in [9.17, 15) is 14.4 Å². The third-order valence-electron chi connectivity index (χ3n) is 3.08. The van der Waals surface area contributed by atoms with E-state index in [1.165, 1.54) is 4.90 Å². The number of carbonyl (C=O) groups excluding carboxylic acids is 2. The Kier molecular flexibility index (Phi) is 5.94. The van der Waals surface area contributed by atoms with Crippen LogP contribution in [0.2, 0.25) is 0 Å². The fourth-order valence-electron chi connectivity index (χ4n) is 2.05. The van der Waals surface area contributed by atoms with E-state index in [0.29, 0.717) is 12.8 Å². The minimum absolute atomic E-state index is 0.151. The van der Waals surface area contributed by atoms with Gasteiger partial charge in [-0.3, -0.25) is 9.59 Å². The van der Waals surface area contributed by atoms with Crippen LogP contribution in [0, 0.1) is 0 Å². The zero-order valence-corrected chi connectivity index (χ0v) is 12.0. The van der Waals surface area contributed by atoms with Crippen LogP contribution in [0.3, 0.4) is 0 Å². The number of carboxylic acid groups (broad SMARTS) is 1. The summed E-state index contributed by atoms with van der Waals surface area (Å²) in [5.41, 5.74) is 0. The third kappa shape index (κ3) is 4.19. The second-order valence-electron chi connectivity index (χ2n) is 4.89. The molecule has 0 aliphatic carbocycles. The summed E-state index contributed by atoms with van der Waals surface area (Å²) in [4.78, 5) is 36.0. The number of hydrogen-bond acceptors (Lipinski definition) is 5. The average Bonchev–Trinajstić information content (AvgIpc) is 2.84. The molecule has 0 aromatic rings. The van der Waals surface area contributed by atoms with Crippen molar-refractivity contribution in [3.05, 3.63) is 0 Å². The molecule has 1 amide bonds. The van der Waals surface area contributed by atoms with Crippen LogP contribution in [0.1, 0.15) is 33.6 Å². The summed E-state index contributed by atoms with van der Waals surface area (Å²) < 4.78 is 10.0. The molecule has 0 aromatic carbocycles. The number of aliphatic carboxylic acids is 1. The van der Waals surface area contributed by atoms with Gasteiger partial charge in [-0.15, -0.1) is 0 Å². The van der Waals surface area contributed by atoms with E-state index >= 15 is 0 Å². The maximum atomic E-state index is 12.3. The number of amides is 1. The van der Waals surface area contributed by atoms with E-state index in [2.05, 4.69) is 0 Å². The lowest BCUT2D eigenvalue weighted by Gasteiger charge is -2.28. The molecule has 0 unspecified atom stereocenters. The minimum Gasteiger partial charge on any atom is -0.479 e. The highest BCUT2D eigenvalue weighted by atomic mass is 16.5. The molecular weight excluding hydrogens is 266 g/mol. The van der Waals surface area contributed by atoms with E-state index < -0.39 is 24.1 Å². The fourth-order valence-corrected chi connectivity index (χ4v) is 2.05. The van der Waals surface area contributed by atoms with Gasteiger partial charge in [0.15, 0.2) is 6.10 Å². The molecule has 2 atom stereocenters. The number of carboxylic acids is 1. The number of hydrogen-bond donors (Lipinski definition) is 1. The van der Waals surface area contributed by atoms with Crippen molar-refractivity contribution in [1.82, 2.24) is 4.90 Å². The quantitative estimate of drug-likeness (QED) is 0.712. The summed E-state index contributed by atoms with van der Waals surface area (Å²) in [6.07, 6.45) is -1.09. The van der Waals surface area contributed by atoms with Gasteiger partial charge in [-0.05, 0) is 33.6 Å². The number of esters is 1. The number of rotatable bonds is 6. The van der Waals surface area contributed by atoms with Crippen molar-refractivity contribution in [1.29, 1.82) is 0 Å². The molecule has 1 saturated heterocycles. The van der Waals surface area contributed by atoms with Crippen molar-refractivity contribution >= 4 is 17.8 Å². The van der Waals surface area contributed by atoms with E-state index in [0.717, 1.165) is 0 Å². The van der Waals surface area contributed by atoms with Gasteiger partial charge in [-0.2, -0.15) is 0 Å². The lowest BCUT2D eigenvalue weighted by atomic mass is 10.1. The van der Waals surface area contributed by atoms with Crippen LogP contribution < -0.4 is 0 Å². The van der Waals surface area contributed by atoms with Crippen molar-refractivity contribution < 1.29 is 29.0 Å². The smallest absolute Gasteiger partial charge is 0.332 e. The summed E-state index contributed by atoms with van der Waals surface area (Å²) in [6.45, 7) is 5.35. The van der Waals surface area contributed by atoms with E-state index in [-0.39, 0.29) is 25.1 Å². The molecule has 1 heterocycles. The highest BCUT2D eigenvalue weighted by Gasteiger charge is 2.37. The lowest BCUT2D eigenvalue weighted by molar-refractivity contribution is -0.159. The van der Waals surface area contributed by atoms with Gasteiger partial charge in [0.2, 0.25) is 0 Å². The molecule has 0 radical (unpaired) electrons. The minimum atomic E-state index is -1.07. The van der Waals surface area contributed by atoms with Crippen LogP contribution in [0.25, 0.3) is 0 Å². The topological polar surface area (TPSA) is 93.1 Å². The Morgan fingerprint density at radius 3 is 2.35 bits per heavy atom. The first-order valence-electron chi connectivity index (χ1n) is 6.71. The van der Waals surface area contributed by atoms with Gasteiger partial charge < -0.3 is 19.5 Å². The van der Waals surface area contributed by atoms with E-state index in [4.69, 9.17) is 14.6 Å². The summed E-state index contributed by atoms with van der Waals surface area (Å²) in [6, 6.07) is -0.195. The highest BCUT2D eigenvalue weighted by molar-refractivity contribution is 5.86. The van der Waals surface area contributed by atoms with Crippen LogP contribution >= 0.6 is 0 Å². The maximum Gasteiger partial charge on any atom is 0.332 e. The number of ether oxygens (including phenoxy) is 2. The second kappa shape index (κ2) is 7.23. The van der Waals surface area contributed by atoms with Crippen LogP contribution in [0.5, 0.6) is 0 Å². The highest BCUT2D eigenvalue weighted by Crippen LogP contribution is 2.22. The van der Waals surface area contributed by atoms with Gasteiger partial charge in [-0.25, -0.2) is 4.79 Å². The average molecular weight is 287 g/mol. The Balaban J connectivity index is 2.65. The van der Waals surface area contributed by atoms with Crippen molar-refractivity contribution in [3.63, 3.8) is 0 Å². The number of nitrogens with zero attached hydrogens (tertiary/aromatic N) is 1. The fraction of sp³-hybridized carbons (Fsp3) is 0.769. The first kappa shape index (κ1) is 16.4. The Labute approximate surface area is 117 Å². The first-order chi connectivity index (χ1) is 9.36. The molecule has 0 saturated carbocycles. The second-order valence-corrected chi connectivity index (χ2v) is 4.89. The lowest BCUT2D eigenvalue weighted by Crippen LogP contribution is -2.46. The third-order valence-corrected chi connectivity index (χ3v) is 3.08. The predicted octanol–water partition coefficient (Wildman–Crippen LogP) is 0.419. The molecule has 1 fully saturated rings. The Bertz CT molecular complexity index is 381. The van der Waals surface area contributed by atoms with Gasteiger partial charge in [0.1, 0.15) is 12.6 Å². The van der Waals surface area contributed by atoms with Gasteiger partial charge in [0, 0.05) is 6.04 Å². The predicted molar refractivity (Wildman–Crippen MR) is 69.0 cm³/mol. The zero-order chi connectivity index (χ0) is 15.3. The SMILES string of the molecule is CCOC(=O)CN(C(=O)[C@@H]1CC[C@H](C(=O)O)O1)C(C)C. The van der Waals surface area contributed by atoms with Crippen molar-refractivity contribution in [2.45, 2.75) is 51.9 Å². The molecular formula is C13H21NO6. The molecule has 20 heavy (non-hydrogen) atoms. The van der Waals surface area contributed by atoms with Crippen LogP contribution in [-0.2, 0) is 23.9 Å². The van der Waals surface area contributed by atoms with E-state index in [1.807, 2.05) is 0 Å². The molecule has 7 nitrogen and oxygen atoms in total. The summed E-state index contributed by atoms with van der Waals surface area (Å²) in [5, 5.41) is 8.85. The summed E-state index contributed by atoms with van der Waals surface area (Å²) in [5.74, 6) is -1.92. The molecule has 1 aliphatic rings. The molecule has 1 N–H and O–H groups in total. The summed E-state index contributed by atoms with van der Waals surface area (Å²) in [7, 11) is 0. The van der Waals surface area contributed by atoms with Gasteiger partial charge in [0.05, 0.1) is 6.61 Å². The largest absolute Gasteiger partial charge is 0.479 e. The van der Waals surface area contributed by atoms with Crippen molar-refractivity contribution in [3.8, 4) is 0 Å². The van der Waals surface area contributed by atoms with Gasteiger partial charge in [0.25, 0.3) is 5.91 Å². The Morgan fingerprint density at radius 2 is 1.90 bits per heavy atom. The normalized spacial score (nSPS) is 21.8. The Hall–Kier alpha value is -1.63. The maximum absolute atomic E-state index is 12.3. The van der Waals surface area contributed by atoms with Gasteiger partial charge >= 0.3 is 11.9 Å². The molecule has 114 valence electrons. The Morgan fingerprint density at radius 1 is 1.30 bits per heavy atom. The molecule has 1 rings (SSSR count). The van der Waals surface area contributed by atoms with Crippen molar-refractivity contribution in [2.75, 3.05) is 13.2 Å². The standard InChI is InChI=1S/C13H21NO6/c1-4-19-11(15)7-14(8(2)3)12(16)9-5-6-10(20-9)13(17)18/h8-10H,4-7H2,1-3H3,(H,17,18)/t9-,10+/m0/s1. The van der Waals surface area contributed by atoms with Crippen LogP contribution in [0.15, 0.2) is 0 Å². The zero-order valence-electron chi connectivity index (χ0n) is 12.0. The molecule has 0 aromatic heterocycles. The number of carbonyl (C=O) groups is 3. The van der Waals surface area contributed by atoms with Gasteiger partial charge in [-0.1, -0.05) is 0 Å².